The van der Waals surface area contributed by atoms with Crippen LogP contribution >= 0.6 is 0 Å². The monoisotopic (exact) mass is 312 g/mol. The zero-order chi connectivity index (χ0) is 16.6. The Labute approximate surface area is 137 Å². The van der Waals surface area contributed by atoms with Crippen LogP contribution in [0.4, 0.5) is 0 Å². The van der Waals surface area contributed by atoms with Gasteiger partial charge in [-0.2, -0.15) is 0 Å². The van der Waals surface area contributed by atoms with Crippen LogP contribution in [0.1, 0.15) is 39.5 Å². The third-order valence-electron chi connectivity index (χ3n) is 4.11. The molecule has 0 aliphatic carbocycles. The summed E-state index contributed by atoms with van der Waals surface area (Å²) in [5, 5.41) is 0. The molecule has 0 aromatic heterocycles. The first-order valence-corrected chi connectivity index (χ1v) is 8.57. The Hall–Kier alpha value is -0.640. The molecule has 0 aromatic rings. The highest BCUT2D eigenvalue weighted by molar-refractivity contribution is 4.88. The van der Waals surface area contributed by atoms with Crippen LogP contribution in [0, 0.1) is 17.8 Å². The molecule has 0 aliphatic rings. The van der Waals surface area contributed by atoms with Crippen molar-refractivity contribution in [1.82, 2.24) is 0 Å². The summed E-state index contributed by atoms with van der Waals surface area (Å²) in [7, 11) is 1.67. The van der Waals surface area contributed by atoms with Crippen LogP contribution in [0.15, 0.2) is 25.3 Å². The van der Waals surface area contributed by atoms with Crippen molar-refractivity contribution in [3.8, 4) is 0 Å². The van der Waals surface area contributed by atoms with Gasteiger partial charge >= 0.3 is 0 Å². The van der Waals surface area contributed by atoms with Gasteiger partial charge in [0.1, 0.15) is 0 Å². The van der Waals surface area contributed by atoms with Crippen molar-refractivity contribution < 1.29 is 14.2 Å². The summed E-state index contributed by atoms with van der Waals surface area (Å²) in [6.07, 6.45) is 8.77. The Bertz CT molecular complexity index is 265. The van der Waals surface area contributed by atoms with Crippen molar-refractivity contribution in [3.05, 3.63) is 25.3 Å². The van der Waals surface area contributed by atoms with E-state index in [-0.39, 0.29) is 0 Å². The van der Waals surface area contributed by atoms with Gasteiger partial charge in [0.2, 0.25) is 0 Å². The predicted octanol–water partition coefficient (Wildman–Crippen LogP) is 4.49. The summed E-state index contributed by atoms with van der Waals surface area (Å²) in [5.41, 5.74) is 0. The fraction of sp³-hybridized carbons (Fsp3) is 0.789. The molecule has 0 saturated heterocycles. The van der Waals surface area contributed by atoms with E-state index in [2.05, 4.69) is 39.2 Å². The second kappa shape index (κ2) is 15.3. The minimum Gasteiger partial charge on any atom is -0.382 e. The molecular formula is C19H36O3. The van der Waals surface area contributed by atoms with Crippen molar-refractivity contribution in [2.75, 3.05) is 40.1 Å². The molecule has 3 heteroatoms. The maximum Gasteiger partial charge on any atom is 0.0701 e. The summed E-state index contributed by atoms with van der Waals surface area (Å²) in [6, 6.07) is 0. The number of rotatable bonds is 16. The Morgan fingerprint density at radius 3 is 2.00 bits per heavy atom. The Balaban J connectivity index is 3.77. The molecule has 0 fully saturated rings. The standard InChI is InChI=1S/C19H36O3/c1-6-17(4)15-19(8-3)16-18(7-2)9-10-21-13-14-22-12-11-20-5/h7-8,17-19H,2-3,6,9-16H2,1,4-5H3. The molecule has 22 heavy (non-hydrogen) atoms. The van der Waals surface area contributed by atoms with Gasteiger partial charge in [-0.25, -0.2) is 0 Å². The van der Waals surface area contributed by atoms with E-state index in [1.807, 2.05) is 0 Å². The van der Waals surface area contributed by atoms with Crippen LogP contribution in [0.25, 0.3) is 0 Å². The lowest BCUT2D eigenvalue weighted by Gasteiger charge is -2.21. The van der Waals surface area contributed by atoms with Gasteiger partial charge in [0, 0.05) is 13.7 Å². The molecule has 0 aliphatic heterocycles. The third kappa shape index (κ3) is 12.0. The van der Waals surface area contributed by atoms with Gasteiger partial charge in [0.05, 0.1) is 26.4 Å². The molecule has 0 N–H and O–H groups in total. The quantitative estimate of drug-likeness (QED) is 0.310. The van der Waals surface area contributed by atoms with Gasteiger partial charge in [-0.1, -0.05) is 32.4 Å². The maximum absolute atomic E-state index is 5.62. The van der Waals surface area contributed by atoms with E-state index in [1.165, 1.54) is 12.8 Å². The van der Waals surface area contributed by atoms with Gasteiger partial charge in [-0.15, -0.1) is 13.2 Å². The second-order valence-corrected chi connectivity index (χ2v) is 5.98. The largest absolute Gasteiger partial charge is 0.382 e. The average Bonchev–Trinajstić information content (AvgIpc) is 2.54. The van der Waals surface area contributed by atoms with Crippen molar-refractivity contribution in [2.24, 2.45) is 17.8 Å². The number of ether oxygens (including phenoxy) is 3. The highest BCUT2D eigenvalue weighted by Crippen LogP contribution is 2.25. The van der Waals surface area contributed by atoms with Gasteiger partial charge in [-0.3, -0.25) is 0 Å². The summed E-state index contributed by atoms with van der Waals surface area (Å²) in [6.45, 7) is 15.8. The first kappa shape index (κ1) is 21.4. The lowest BCUT2D eigenvalue weighted by atomic mass is 9.85. The van der Waals surface area contributed by atoms with E-state index in [0.29, 0.717) is 38.3 Å². The van der Waals surface area contributed by atoms with Gasteiger partial charge in [-0.05, 0) is 37.0 Å². The van der Waals surface area contributed by atoms with Crippen molar-refractivity contribution in [3.63, 3.8) is 0 Å². The van der Waals surface area contributed by atoms with E-state index in [9.17, 15) is 0 Å². The lowest BCUT2D eigenvalue weighted by Crippen LogP contribution is -2.13. The van der Waals surface area contributed by atoms with Crippen molar-refractivity contribution in [1.29, 1.82) is 0 Å². The molecule has 0 aromatic carbocycles. The van der Waals surface area contributed by atoms with Crippen LogP contribution in [0.3, 0.4) is 0 Å². The first-order chi connectivity index (χ1) is 10.7. The Morgan fingerprint density at radius 1 is 0.864 bits per heavy atom. The van der Waals surface area contributed by atoms with Crippen LogP contribution in [0.2, 0.25) is 0 Å². The Morgan fingerprint density at radius 2 is 1.45 bits per heavy atom. The molecule has 0 amide bonds. The fourth-order valence-electron chi connectivity index (χ4n) is 2.39. The van der Waals surface area contributed by atoms with Crippen LogP contribution in [-0.4, -0.2) is 40.1 Å². The van der Waals surface area contributed by atoms with Crippen LogP contribution < -0.4 is 0 Å². The van der Waals surface area contributed by atoms with Crippen molar-refractivity contribution in [2.45, 2.75) is 39.5 Å². The summed E-state index contributed by atoms with van der Waals surface area (Å²) >= 11 is 0. The van der Waals surface area contributed by atoms with Gasteiger partial charge in [0.15, 0.2) is 0 Å². The van der Waals surface area contributed by atoms with E-state index >= 15 is 0 Å². The molecule has 0 heterocycles. The smallest absolute Gasteiger partial charge is 0.0701 e. The number of allylic oxidation sites excluding steroid dienone is 2. The predicted molar refractivity (Wildman–Crippen MR) is 94.2 cm³/mol. The molecule has 0 bridgehead atoms. The topological polar surface area (TPSA) is 27.7 Å². The molecule has 0 spiro atoms. The molecular weight excluding hydrogens is 276 g/mol. The average molecular weight is 312 g/mol. The normalized spacial score (nSPS) is 15.2. The molecule has 0 rings (SSSR count). The minimum absolute atomic E-state index is 0.501. The highest BCUT2D eigenvalue weighted by atomic mass is 16.5. The van der Waals surface area contributed by atoms with Gasteiger partial charge in [0.25, 0.3) is 0 Å². The van der Waals surface area contributed by atoms with Crippen LogP contribution in [0.5, 0.6) is 0 Å². The van der Waals surface area contributed by atoms with Gasteiger partial charge < -0.3 is 14.2 Å². The van der Waals surface area contributed by atoms with E-state index in [1.54, 1.807) is 7.11 Å². The van der Waals surface area contributed by atoms with Crippen molar-refractivity contribution >= 4 is 0 Å². The zero-order valence-electron chi connectivity index (χ0n) is 14.9. The number of hydrogen-bond donors (Lipinski definition) is 0. The summed E-state index contributed by atoms with van der Waals surface area (Å²) in [4.78, 5) is 0. The lowest BCUT2D eigenvalue weighted by molar-refractivity contribution is 0.0224. The molecule has 0 saturated carbocycles. The first-order valence-electron chi connectivity index (χ1n) is 8.57. The molecule has 0 radical (unpaired) electrons. The molecule has 130 valence electrons. The molecule has 3 atom stereocenters. The molecule has 3 nitrogen and oxygen atoms in total. The zero-order valence-corrected chi connectivity index (χ0v) is 14.9. The third-order valence-corrected chi connectivity index (χ3v) is 4.11. The summed E-state index contributed by atoms with van der Waals surface area (Å²) < 4.78 is 15.9. The van der Waals surface area contributed by atoms with E-state index in [4.69, 9.17) is 14.2 Å². The number of methoxy groups -OCH3 is 1. The maximum atomic E-state index is 5.62. The van der Waals surface area contributed by atoms with Crippen LogP contribution in [-0.2, 0) is 14.2 Å². The van der Waals surface area contributed by atoms with E-state index in [0.717, 1.165) is 25.4 Å². The fourth-order valence-corrected chi connectivity index (χ4v) is 2.39. The molecule has 3 unspecified atom stereocenters. The highest BCUT2D eigenvalue weighted by Gasteiger charge is 2.14. The SMILES string of the molecule is C=CC(CCOCCOCCOC)CC(C=C)CC(C)CC. The number of hydrogen-bond acceptors (Lipinski definition) is 3. The second-order valence-electron chi connectivity index (χ2n) is 5.98. The Kier molecular flexibility index (Phi) is 14.8. The summed E-state index contributed by atoms with van der Waals surface area (Å²) in [5.74, 6) is 1.84. The van der Waals surface area contributed by atoms with E-state index < -0.39 is 0 Å². The minimum atomic E-state index is 0.501.